The quantitative estimate of drug-likeness (QED) is 0.909. The molecule has 0 aliphatic carbocycles. The third-order valence-corrected chi connectivity index (χ3v) is 2.51. The molecule has 3 nitrogen and oxygen atoms in total. The average molecular weight is 252 g/mol. The molecule has 0 atom stereocenters. The first-order valence-corrected chi connectivity index (χ1v) is 5.61. The Balaban J connectivity index is 2.42. The molecule has 0 saturated carbocycles. The van der Waals surface area contributed by atoms with Crippen molar-refractivity contribution < 1.29 is 4.39 Å². The molecule has 0 radical (unpaired) electrons. The smallest absolute Gasteiger partial charge is 0.223 e. The highest BCUT2D eigenvalue weighted by molar-refractivity contribution is 6.33. The third kappa shape index (κ3) is 2.71. The van der Waals surface area contributed by atoms with Gasteiger partial charge in [0.15, 0.2) is 0 Å². The summed E-state index contributed by atoms with van der Waals surface area (Å²) in [5.74, 6) is 0.171. The van der Waals surface area contributed by atoms with Gasteiger partial charge in [0.05, 0.1) is 10.7 Å². The minimum atomic E-state index is -0.361. The molecule has 88 valence electrons. The maximum absolute atomic E-state index is 12.9. The molecule has 2 rings (SSSR count). The van der Waals surface area contributed by atoms with Crippen LogP contribution in [0.4, 0.5) is 10.3 Å². The summed E-state index contributed by atoms with van der Waals surface area (Å²) in [6, 6.07) is 5.97. The van der Waals surface area contributed by atoms with Gasteiger partial charge < -0.3 is 5.32 Å². The van der Waals surface area contributed by atoms with Crippen LogP contribution in [0, 0.1) is 5.82 Å². The van der Waals surface area contributed by atoms with Crippen molar-refractivity contribution in [2.75, 3.05) is 11.9 Å². The number of nitrogens with one attached hydrogen (secondary N) is 1. The van der Waals surface area contributed by atoms with Crippen LogP contribution in [0.5, 0.6) is 0 Å². The molecule has 1 aromatic carbocycles. The second-order valence-corrected chi connectivity index (χ2v) is 3.83. The zero-order valence-corrected chi connectivity index (χ0v) is 10.0. The van der Waals surface area contributed by atoms with E-state index < -0.39 is 0 Å². The number of rotatable bonds is 3. The highest BCUT2D eigenvalue weighted by Gasteiger charge is 2.07. The summed E-state index contributed by atoms with van der Waals surface area (Å²) in [7, 11) is 0. The van der Waals surface area contributed by atoms with Gasteiger partial charge in [-0.2, -0.15) is 0 Å². The van der Waals surface area contributed by atoms with Gasteiger partial charge in [0.1, 0.15) is 5.82 Å². The predicted octanol–water partition coefficient (Wildman–Crippen LogP) is 3.37. The molecule has 0 aliphatic rings. The lowest BCUT2D eigenvalue weighted by molar-refractivity contribution is 0.628. The first-order chi connectivity index (χ1) is 8.20. The van der Waals surface area contributed by atoms with Crippen molar-refractivity contribution in [1.82, 2.24) is 9.97 Å². The molecule has 1 aromatic heterocycles. The topological polar surface area (TPSA) is 37.8 Å². The molecule has 0 spiro atoms. The van der Waals surface area contributed by atoms with Crippen molar-refractivity contribution >= 4 is 17.5 Å². The van der Waals surface area contributed by atoms with Gasteiger partial charge in [-0.15, -0.1) is 0 Å². The monoisotopic (exact) mass is 251 g/mol. The van der Waals surface area contributed by atoms with E-state index in [0.29, 0.717) is 22.2 Å². The number of benzene rings is 1. The van der Waals surface area contributed by atoms with Gasteiger partial charge >= 0.3 is 0 Å². The summed E-state index contributed by atoms with van der Waals surface area (Å²) >= 11 is 5.97. The van der Waals surface area contributed by atoms with Crippen molar-refractivity contribution in [3.05, 3.63) is 41.3 Å². The fourth-order valence-corrected chi connectivity index (χ4v) is 1.71. The molecular weight excluding hydrogens is 241 g/mol. The minimum absolute atomic E-state index is 0.339. The average Bonchev–Trinajstić information content (AvgIpc) is 2.29. The highest BCUT2D eigenvalue weighted by atomic mass is 35.5. The SMILES string of the molecule is CCNc1nccc(-c2ccc(F)cc2Cl)n1. The molecule has 0 bridgehead atoms. The Labute approximate surface area is 104 Å². The van der Waals surface area contributed by atoms with Crippen LogP contribution in [0.1, 0.15) is 6.92 Å². The van der Waals surface area contributed by atoms with Crippen molar-refractivity contribution in [2.45, 2.75) is 6.92 Å². The number of nitrogens with zero attached hydrogens (tertiary/aromatic N) is 2. The first kappa shape index (κ1) is 11.8. The van der Waals surface area contributed by atoms with E-state index in [4.69, 9.17) is 11.6 Å². The van der Waals surface area contributed by atoms with E-state index in [1.807, 2.05) is 6.92 Å². The van der Waals surface area contributed by atoms with Crippen LogP contribution in [0.2, 0.25) is 5.02 Å². The Morgan fingerprint density at radius 2 is 2.18 bits per heavy atom. The lowest BCUT2D eigenvalue weighted by Crippen LogP contribution is -2.02. The molecule has 0 unspecified atom stereocenters. The van der Waals surface area contributed by atoms with Gasteiger partial charge in [0.2, 0.25) is 5.95 Å². The van der Waals surface area contributed by atoms with Gasteiger partial charge in [0, 0.05) is 18.3 Å². The zero-order valence-electron chi connectivity index (χ0n) is 9.24. The Bertz CT molecular complexity index is 531. The lowest BCUT2D eigenvalue weighted by atomic mass is 10.1. The molecule has 0 aliphatic heterocycles. The summed E-state index contributed by atoms with van der Waals surface area (Å²) in [6.45, 7) is 2.70. The standard InChI is InChI=1S/C12H11ClFN3/c1-2-15-12-16-6-5-11(17-12)9-4-3-8(14)7-10(9)13/h3-7H,2H2,1H3,(H,15,16,17). The minimum Gasteiger partial charge on any atom is -0.354 e. The fraction of sp³-hybridized carbons (Fsp3) is 0.167. The number of aromatic nitrogens is 2. The van der Waals surface area contributed by atoms with Crippen molar-refractivity contribution in [3.8, 4) is 11.3 Å². The molecule has 0 amide bonds. The Morgan fingerprint density at radius 1 is 1.35 bits per heavy atom. The molecule has 1 heterocycles. The molecule has 2 aromatic rings. The van der Waals surface area contributed by atoms with Crippen LogP contribution in [0.15, 0.2) is 30.5 Å². The van der Waals surface area contributed by atoms with Crippen LogP contribution >= 0.6 is 11.6 Å². The largest absolute Gasteiger partial charge is 0.354 e. The van der Waals surface area contributed by atoms with E-state index in [0.717, 1.165) is 6.54 Å². The summed E-state index contributed by atoms with van der Waals surface area (Å²) < 4.78 is 12.9. The van der Waals surface area contributed by atoms with Crippen molar-refractivity contribution in [2.24, 2.45) is 0 Å². The van der Waals surface area contributed by atoms with E-state index in [-0.39, 0.29) is 5.82 Å². The number of halogens is 2. The van der Waals surface area contributed by atoms with E-state index in [2.05, 4.69) is 15.3 Å². The fourth-order valence-electron chi connectivity index (χ4n) is 1.45. The highest BCUT2D eigenvalue weighted by Crippen LogP contribution is 2.27. The van der Waals surface area contributed by atoms with Crippen molar-refractivity contribution in [3.63, 3.8) is 0 Å². The van der Waals surface area contributed by atoms with E-state index in [9.17, 15) is 4.39 Å². The van der Waals surface area contributed by atoms with Crippen molar-refractivity contribution in [1.29, 1.82) is 0 Å². The zero-order chi connectivity index (χ0) is 12.3. The molecule has 1 N–H and O–H groups in total. The molecule has 5 heteroatoms. The van der Waals surface area contributed by atoms with Crippen LogP contribution in [-0.2, 0) is 0 Å². The summed E-state index contributed by atoms with van der Waals surface area (Å²) in [5, 5.41) is 3.35. The van der Waals surface area contributed by atoms with Gasteiger partial charge in [-0.25, -0.2) is 14.4 Å². The molecule has 17 heavy (non-hydrogen) atoms. The van der Waals surface area contributed by atoms with Crippen LogP contribution < -0.4 is 5.32 Å². The lowest BCUT2D eigenvalue weighted by Gasteiger charge is -2.06. The third-order valence-electron chi connectivity index (χ3n) is 2.20. The predicted molar refractivity (Wildman–Crippen MR) is 66.6 cm³/mol. The number of hydrogen-bond donors (Lipinski definition) is 1. The van der Waals surface area contributed by atoms with Crippen LogP contribution in [0.25, 0.3) is 11.3 Å². The summed E-state index contributed by atoms with van der Waals surface area (Å²) in [6.07, 6.45) is 1.64. The molecule has 0 fully saturated rings. The van der Waals surface area contributed by atoms with E-state index in [1.165, 1.54) is 12.1 Å². The van der Waals surface area contributed by atoms with Crippen LogP contribution in [0.3, 0.4) is 0 Å². The second-order valence-electron chi connectivity index (χ2n) is 3.42. The second kappa shape index (κ2) is 5.10. The Morgan fingerprint density at radius 3 is 2.88 bits per heavy atom. The van der Waals surface area contributed by atoms with Gasteiger partial charge in [0.25, 0.3) is 0 Å². The molecular formula is C12H11ClFN3. The summed E-state index contributed by atoms with van der Waals surface area (Å²) in [5.41, 5.74) is 1.36. The first-order valence-electron chi connectivity index (χ1n) is 5.23. The number of hydrogen-bond acceptors (Lipinski definition) is 3. The Hall–Kier alpha value is -1.68. The number of anilines is 1. The normalized spacial score (nSPS) is 10.3. The maximum atomic E-state index is 12.9. The van der Waals surface area contributed by atoms with Gasteiger partial charge in [-0.3, -0.25) is 0 Å². The maximum Gasteiger partial charge on any atom is 0.223 e. The molecule has 0 saturated heterocycles. The van der Waals surface area contributed by atoms with Crippen LogP contribution in [-0.4, -0.2) is 16.5 Å². The van der Waals surface area contributed by atoms with E-state index >= 15 is 0 Å². The Kier molecular flexibility index (Phi) is 3.54. The van der Waals surface area contributed by atoms with Gasteiger partial charge in [-0.1, -0.05) is 11.6 Å². The van der Waals surface area contributed by atoms with Gasteiger partial charge in [-0.05, 0) is 31.2 Å². The summed E-state index contributed by atoms with van der Waals surface area (Å²) in [4.78, 5) is 8.36. The van der Waals surface area contributed by atoms with E-state index in [1.54, 1.807) is 18.3 Å².